The standard InChI is InChI=1S/C26H19F3N2O2/c27-26(28,29)23-7-3-6-22(15-23)25(32)31-30-16-18-9-12-24(13-10-18)33-17-19-8-11-20-4-1-2-5-21(20)14-19/h1-16H,17H2,(H,31,32)/b30-16-. The molecule has 0 saturated heterocycles. The molecule has 4 nitrogen and oxygen atoms in total. The molecule has 7 heteroatoms. The van der Waals surface area contributed by atoms with Crippen molar-refractivity contribution in [3.05, 3.63) is 113 Å². The third kappa shape index (κ3) is 5.77. The monoisotopic (exact) mass is 448 g/mol. The minimum absolute atomic E-state index is 0.126. The van der Waals surface area contributed by atoms with Gasteiger partial charge in [0.2, 0.25) is 0 Å². The molecule has 166 valence electrons. The van der Waals surface area contributed by atoms with Gasteiger partial charge in [0, 0.05) is 5.56 Å². The molecular formula is C26H19F3N2O2. The zero-order valence-corrected chi connectivity index (χ0v) is 17.3. The second-order valence-corrected chi connectivity index (χ2v) is 7.32. The molecule has 0 aliphatic heterocycles. The zero-order valence-electron chi connectivity index (χ0n) is 17.3. The Kier molecular flexibility index (Phi) is 6.40. The van der Waals surface area contributed by atoms with E-state index >= 15 is 0 Å². The third-order valence-corrected chi connectivity index (χ3v) is 4.93. The molecule has 0 bridgehead atoms. The molecule has 4 rings (SSSR count). The van der Waals surface area contributed by atoms with Gasteiger partial charge in [-0.2, -0.15) is 18.3 Å². The minimum Gasteiger partial charge on any atom is -0.489 e. The van der Waals surface area contributed by atoms with E-state index < -0.39 is 17.6 Å². The van der Waals surface area contributed by atoms with Crippen LogP contribution in [0.5, 0.6) is 5.75 Å². The van der Waals surface area contributed by atoms with Crippen LogP contribution in [0.1, 0.15) is 27.0 Å². The quantitative estimate of drug-likeness (QED) is 0.282. The number of benzene rings is 4. The Morgan fingerprint density at radius 3 is 2.39 bits per heavy atom. The van der Waals surface area contributed by atoms with Gasteiger partial charge in [0.05, 0.1) is 11.8 Å². The summed E-state index contributed by atoms with van der Waals surface area (Å²) >= 11 is 0. The Labute approximate surface area is 188 Å². The molecule has 0 unspecified atom stereocenters. The number of amides is 1. The van der Waals surface area contributed by atoms with Gasteiger partial charge in [0.15, 0.2) is 0 Å². The number of alkyl halides is 3. The van der Waals surface area contributed by atoms with Crippen molar-refractivity contribution >= 4 is 22.9 Å². The summed E-state index contributed by atoms with van der Waals surface area (Å²) in [5.74, 6) is -0.0546. The number of carbonyl (C=O) groups is 1. The van der Waals surface area contributed by atoms with E-state index in [2.05, 4.69) is 34.8 Å². The summed E-state index contributed by atoms with van der Waals surface area (Å²) in [4.78, 5) is 12.1. The third-order valence-electron chi connectivity index (χ3n) is 4.93. The summed E-state index contributed by atoms with van der Waals surface area (Å²) in [5.41, 5.74) is 2.96. The van der Waals surface area contributed by atoms with Gasteiger partial charge in [-0.3, -0.25) is 4.79 Å². The molecule has 0 aliphatic carbocycles. The SMILES string of the molecule is O=C(N/N=C\c1ccc(OCc2ccc3ccccc3c2)cc1)c1cccc(C(F)(F)F)c1. The highest BCUT2D eigenvalue weighted by Gasteiger charge is 2.30. The largest absolute Gasteiger partial charge is 0.489 e. The fourth-order valence-corrected chi connectivity index (χ4v) is 3.21. The average molecular weight is 448 g/mol. The highest BCUT2D eigenvalue weighted by atomic mass is 19.4. The molecule has 0 heterocycles. The predicted octanol–water partition coefficient (Wildman–Crippen LogP) is 6.20. The summed E-state index contributed by atoms with van der Waals surface area (Å²) in [5, 5.41) is 6.14. The molecule has 0 fully saturated rings. The smallest absolute Gasteiger partial charge is 0.416 e. The van der Waals surface area contributed by atoms with Crippen LogP contribution in [0.2, 0.25) is 0 Å². The van der Waals surface area contributed by atoms with Crippen LogP contribution < -0.4 is 10.2 Å². The maximum absolute atomic E-state index is 12.8. The first-order valence-corrected chi connectivity index (χ1v) is 10.1. The first-order valence-electron chi connectivity index (χ1n) is 10.1. The lowest BCUT2D eigenvalue weighted by molar-refractivity contribution is -0.137. The molecule has 0 atom stereocenters. The van der Waals surface area contributed by atoms with Crippen LogP contribution in [0, 0.1) is 0 Å². The number of nitrogens with one attached hydrogen (secondary N) is 1. The van der Waals surface area contributed by atoms with Crippen molar-refractivity contribution < 1.29 is 22.7 Å². The molecule has 0 aromatic heterocycles. The number of carbonyl (C=O) groups excluding carboxylic acids is 1. The van der Waals surface area contributed by atoms with Gasteiger partial charge >= 0.3 is 6.18 Å². The van der Waals surface area contributed by atoms with Gasteiger partial charge in [0.25, 0.3) is 5.91 Å². The Morgan fingerprint density at radius 2 is 1.64 bits per heavy atom. The summed E-state index contributed by atoms with van der Waals surface area (Å²) in [6.45, 7) is 0.422. The van der Waals surface area contributed by atoms with E-state index in [0.717, 1.165) is 23.1 Å². The van der Waals surface area contributed by atoms with Crippen molar-refractivity contribution in [2.24, 2.45) is 5.10 Å². The molecule has 0 saturated carbocycles. The summed E-state index contributed by atoms with van der Waals surface area (Å²) in [7, 11) is 0. The maximum atomic E-state index is 12.8. The highest BCUT2D eigenvalue weighted by molar-refractivity contribution is 5.95. The van der Waals surface area contributed by atoms with Crippen molar-refractivity contribution in [3.63, 3.8) is 0 Å². The molecule has 1 amide bonds. The maximum Gasteiger partial charge on any atom is 0.416 e. The molecule has 0 spiro atoms. The Balaban J connectivity index is 1.32. The summed E-state index contributed by atoms with van der Waals surface area (Å²) < 4.78 is 44.2. The molecule has 4 aromatic rings. The van der Waals surface area contributed by atoms with Crippen LogP contribution in [0.25, 0.3) is 10.8 Å². The van der Waals surface area contributed by atoms with Crippen LogP contribution in [-0.2, 0) is 12.8 Å². The van der Waals surface area contributed by atoms with Crippen LogP contribution in [0.4, 0.5) is 13.2 Å². The topological polar surface area (TPSA) is 50.7 Å². The number of rotatable bonds is 6. The lowest BCUT2D eigenvalue weighted by Crippen LogP contribution is -2.18. The van der Waals surface area contributed by atoms with E-state index in [9.17, 15) is 18.0 Å². The van der Waals surface area contributed by atoms with Crippen LogP contribution in [0.3, 0.4) is 0 Å². The van der Waals surface area contributed by atoms with Gasteiger partial charge in [0.1, 0.15) is 12.4 Å². The van der Waals surface area contributed by atoms with Crippen molar-refractivity contribution in [1.82, 2.24) is 5.43 Å². The van der Waals surface area contributed by atoms with E-state index in [-0.39, 0.29) is 5.56 Å². The van der Waals surface area contributed by atoms with E-state index in [1.54, 1.807) is 24.3 Å². The lowest BCUT2D eigenvalue weighted by atomic mass is 10.1. The number of hydrogen-bond acceptors (Lipinski definition) is 3. The Morgan fingerprint density at radius 1 is 0.879 bits per heavy atom. The fourth-order valence-electron chi connectivity index (χ4n) is 3.21. The highest BCUT2D eigenvalue weighted by Crippen LogP contribution is 2.29. The van der Waals surface area contributed by atoms with Crippen LogP contribution in [0.15, 0.2) is 96.1 Å². The van der Waals surface area contributed by atoms with Gasteiger partial charge in [-0.15, -0.1) is 0 Å². The predicted molar refractivity (Wildman–Crippen MR) is 121 cm³/mol. The normalized spacial score (nSPS) is 11.6. The molecule has 1 N–H and O–H groups in total. The van der Waals surface area contributed by atoms with Crippen molar-refractivity contribution in [2.45, 2.75) is 12.8 Å². The van der Waals surface area contributed by atoms with Crippen molar-refractivity contribution in [2.75, 3.05) is 0 Å². The number of fused-ring (bicyclic) bond motifs is 1. The van der Waals surface area contributed by atoms with E-state index in [1.807, 2.05) is 18.2 Å². The molecule has 0 aliphatic rings. The molecular weight excluding hydrogens is 429 g/mol. The second kappa shape index (κ2) is 9.56. The Hall–Kier alpha value is -4.13. The van der Waals surface area contributed by atoms with Gasteiger partial charge in [-0.05, 0) is 70.4 Å². The molecule has 4 aromatic carbocycles. The van der Waals surface area contributed by atoms with Crippen molar-refractivity contribution in [1.29, 1.82) is 0 Å². The Bertz CT molecular complexity index is 1300. The minimum atomic E-state index is -4.52. The number of ether oxygens (including phenoxy) is 1. The first-order chi connectivity index (χ1) is 15.9. The van der Waals surface area contributed by atoms with E-state index in [4.69, 9.17) is 4.74 Å². The van der Waals surface area contributed by atoms with E-state index in [1.165, 1.54) is 23.7 Å². The van der Waals surface area contributed by atoms with Gasteiger partial charge < -0.3 is 4.74 Å². The number of nitrogens with zero attached hydrogens (tertiary/aromatic N) is 1. The zero-order chi connectivity index (χ0) is 23.3. The van der Waals surface area contributed by atoms with Crippen LogP contribution >= 0.6 is 0 Å². The summed E-state index contributed by atoms with van der Waals surface area (Å²) in [6, 6.07) is 25.5. The average Bonchev–Trinajstić information content (AvgIpc) is 2.83. The summed E-state index contributed by atoms with van der Waals surface area (Å²) in [6.07, 6.45) is -3.11. The van der Waals surface area contributed by atoms with E-state index in [0.29, 0.717) is 17.9 Å². The number of halogens is 3. The molecule has 33 heavy (non-hydrogen) atoms. The fraction of sp³-hybridized carbons (Fsp3) is 0.0769. The van der Waals surface area contributed by atoms with Crippen molar-refractivity contribution in [3.8, 4) is 5.75 Å². The van der Waals surface area contributed by atoms with Crippen LogP contribution in [-0.4, -0.2) is 12.1 Å². The first kappa shape index (κ1) is 22.1. The molecule has 0 radical (unpaired) electrons. The lowest BCUT2D eigenvalue weighted by Gasteiger charge is -2.08. The number of hydrogen-bond donors (Lipinski definition) is 1. The van der Waals surface area contributed by atoms with Gasteiger partial charge in [-0.25, -0.2) is 5.43 Å². The second-order valence-electron chi connectivity index (χ2n) is 7.32. The number of hydrazone groups is 1. The van der Waals surface area contributed by atoms with Gasteiger partial charge in [-0.1, -0.05) is 42.5 Å².